The van der Waals surface area contributed by atoms with Gasteiger partial charge in [-0.15, -0.1) is 0 Å². The van der Waals surface area contributed by atoms with Gasteiger partial charge in [0.05, 0.1) is 17.0 Å². The second-order valence-electron chi connectivity index (χ2n) is 4.36. The van der Waals surface area contributed by atoms with Crippen LogP contribution in [0.5, 0.6) is 0 Å². The average Bonchev–Trinajstić information content (AvgIpc) is 2.41. The first-order valence-electron chi connectivity index (χ1n) is 5.95. The lowest BCUT2D eigenvalue weighted by molar-refractivity contribution is 0.600. The van der Waals surface area contributed by atoms with Crippen LogP contribution < -0.4 is 10.5 Å². The van der Waals surface area contributed by atoms with E-state index < -0.39 is 10.0 Å². The Morgan fingerprint density at radius 3 is 2.62 bits per heavy atom. The highest BCUT2D eigenvalue weighted by molar-refractivity contribution is 7.91. The summed E-state index contributed by atoms with van der Waals surface area (Å²) in [6.45, 7) is 0. The Hall–Kier alpha value is -2.23. The van der Waals surface area contributed by atoms with Crippen LogP contribution in [0.4, 0.5) is 11.4 Å². The van der Waals surface area contributed by atoms with Gasteiger partial charge in [-0.2, -0.15) is 5.26 Å². The first-order valence-corrected chi connectivity index (χ1v) is 7.98. The minimum absolute atomic E-state index is 0.152. The Morgan fingerprint density at radius 1 is 1.24 bits per heavy atom. The molecule has 0 radical (unpaired) electrons. The maximum Gasteiger partial charge on any atom is 0.237 e. The van der Waals surface area contributed by atoms with E-state index in [1.54, 1.807) is 24.3 Å². The van der Waals surface area contributed by atoms with Crippen LogP contribution in [0.15, 0.2) is 42.5 Å². The van der Waals surface area contributed by atoms with Crippen molar-refractivity contribution in [3.05, 3.63) is 58.6 Å². The van der Waals surface area contributed by atoms with Crippen molar-refractivity contribution < 1.29 is 8.42 Å². The maximum absolute atomic E-state index is 12.2. The van der Waals surface area contributed by atoms with Crippen molar-refractivity contribution in [1.29, 1.82) is 5.26 Å². The van der Waals surface area contributed by atoms with E-state index in [0.717, 1.165) is 0 Å². The summed E-state index contributed by atoms with van der Waals surface area (Å²) in [5, 5.41) is 9.33. The third-order valence-electron chi connectivity index (χ3n) is 2.77. The highest BCUT2D eigenvalue weighted by atomic mass is 35.5. The summed E-state index contributed by atoms with van der Waals surface area (Å²) in [6.07, 6.45) is 0. The molecule has 0 fully saturated rings. The number of para-hydroxylation sites is 1. The number of hydrogen-bond acceptors (Lipinski definition) is 4. The fraction of sp³-hybridized carbons (Fsp3) is 0.0714. The molecule has 5 nitrogen and oxygen atoms in total. The molecule has 7 heteroatoms. The average molecular weight is 322 g/mol. The second-order valence-corrected chi connectivity index (χ2v) is 6.52. The lowest BCUT2D eigenvalue weighted by Crippen LogP contribution is -2.16. The molecule has 0 spiro atoms. The van der Waals surface area contributed by atoms with Crippen molar-refractivity contribution in [3.63, 3.8) is 0 Å². The Morgan fingerprint density at radius 2 is 1.95 bits per heavy atom. The maximum atomic E-state index is 12.2. The van der Waals surface area contributed by atoms with Gasteiger partial charge in [-0.25, -0.2) is 8.42 Å². The molecular formula is C14H12ClN3O2S. The summed E-state index contributed by atoms with van der Waals surface area (Å²) in [6, 6.07) is 13.0. The van der Waals surface area contributed by atoms with E-state index in [2.05, 4.69) is 4.72 Å². The zero-order chi connectivity index (χ0) is 15.5. The van der Waals surface area contributed by atoms with E-state index in [4.69, 9.17) is 22.6 Å². The molecule has 0 aromatic heterocycles. The molecule has 0 saturated heterocycles. The number of hydrogen-bond donors (Lipinski definition) is 2. The quantitative estimate of drug-likeness (QED) is 0.846. The Bertz CT molecular complexity index is 813. The first kappa shape index (κ1) is 15.2. The standard InChI is InChI=1S/C14H12ClN3O2S/c15-12-6-5-10(8-16)14(7-12)18-21(19,20)9-11-3-1-2-4-13(11)17/h1-7,18H,9,17H2. The number of nitrogens with two attached hydrogens (primary N) is 1. The summed E-state index contributed by atoms with van der Waals surface area (Å²) in [5.74, 6) is -0.281. The fourth-order valence-electron chi connectivity index (χ4n) is 1.77. The summed E-state index contributed by atoms with van der Waals surface area (Å²) in [5.41, 5.74) is 6.98. The molecule has 21 heavy (non-hydrogen) atoms. The van der Waals surface area contributed by atoms with Gasteiger partial charge >= 0.3 is 0 Å². The molecule has 0 heterocycles. The lowest BCUT2D eigenvalue weighted by atomic mass is 10.2. The highest BCUT2D eigenvalue weighted by Crippen LogP contribution is 2.23. The van der Waals surface area contributed by atoms with Gasteiger partial charge < -0.3 is 5.73 Å². The van der Waals surface area contributed by atoms with E-state index in [1.165, 1.54) is 18.2 Å². The largest absolute Gasteiger partial charge is 0.398 e. The molecule has 2 aromatic carbocycles. The monoisotopic (exact) mass is 321 g/mol. The molecule has 3 N–H and O–H groups in total. The third kappa shape index (κ3) is 3.88. The molecule has 2 aromatic rings. The zero-order valence-electron chi connectivity index (χ0n) is 10.9. The van der Waals surface area contributed by atoms with Crippen LogP contribution in [-0.2, 0) is 15.8 Å². The summed E-state index contributed by atoms with van der Waals surface area (Å²) in [4.78, 5) is 0. The molecule has 2 rings (SSSR count). The van der Waals surface area contributed by atoms with Crippen molar-refractivity contribution in [2.45, 2.75) is 5.75 Å². The molecule has 0 amide bonds. The van der Waals surface area contributed by atoms with Crippen molar-refractivity contribution in [2.75, 3.05) is 10.5 Å². The summed E-state index contributed by atoms with van der Waals surface area (Å²) < 4.78 is 26.7. The van der Waals surface area contributed by atoms with Crippen molar-refractivity contribution in [2.24, 2.45) is 0 Å². The minimum Gasteiger partial charge on any atom is -0.398 e. The summed E-state index contributed by atoms with van der Waals surface area (Å²) >= 11 is 5.82. The van der Waals surface area contributed by atoms with Gasteiger partial charge in [0.25, 0.3) is 0 Å². The SMILES string of the molecule is N#Cc1ccc(Cl)cc1NS(=O)(=O)Cc1ccccc1N. The van der Waals surface area contributed by atoms with Gasteiger partial charge in [-0.1, -0.05) is 29.8 Å². The minimum atomic E-state index is -3.70. The van der Waals surface area contributed by atoms with E-state index in [0.29, 0.717) is 16.3 Å². The van der Waals surface area contributed by atoms with Crippen LogP contribution in [0.3, 0.4) is 0 Å². The predicted molar refractivity (Wildman–Crippen MR) is 83.3 cm³/mol. The Labute approximate surface area is 128 Å². The second kappa shape index (κ2) is 6.04. The zero-order valence-corrected chi connectivity index (χ0v) is 12.4. The summed E-state index contributed by atoms with van der Waals surface area (Å²) in [7, 11) is -3.70. The number of benzene rings is 2. The van der Waals surface area contributed by atoms with E-state index in [9.17, 15) is 8.42 Å². The highest BCUT2D eigenvalue weighted by Gasteiger charge is 2.15. The molecule has 0 aliphatic rings. The Balaban J connectivity index is 2.29. The molecular weight excluding hydrogens is 310 g/mol. The van der Waals surface area contributed by atoms with Gasteiger partial charge in [0.15, 0.2) is 0 Å². The molecule has 0 atom stereocenters. The molecule has 0 bridgehead atoms. The molecule has 0 aliphatic carbocycles. The van der Waals surface area contributed by atoms with E-state index >= 15 is 0 Å². The fourth-order valence-corrected chi connectivity index (χ4v) is 3.19. The van der Waals surface area contributed by atoms with Gasteiger partial charge in [-0.3, -0.25) is 4.72 Å². The number of rotatable bonds is 4. The molecule has 0 aliphatic heterocycles. The predicted octanol–water partition coefficient (Wildman–Crippen LogP) is 2.74. The Kier molecular flexibility index (Phi) is 4.36. The third-order valence-corrected chi connectivity index (χ3v) is 4.23. The first-order chi connectivity index (χ1) is 9.91. The number of anilines is 2. The van der Waals surface area contributed by atoms with Crippen molar-refractivity contribution in [1.82, 2.24) is 0 Å². The lowest BCUT2D eigenvalue weighted by Gasteiger charge is -2.11. The van der Waals surface area contributed by atoms with Gasteiger partial charge in [0.2, 0.25) is 10.0 Å². The molecule has 0 unspecified atom stereocenters. The van der Waals surface area contributed by atoms with E-state index in [-0.39, 0.29) is 17.0 Å². The van der Waals surface area contributed by atoms with Crippen LogP contribution in [0.2, 0.25) is 5.02 Å². The number of nitrogen functional groups attached to an aromatic ring is 1. The van der Waals surface area contributed by atoms with Crippen LogP contribution in [0, 0.1) is 11.3 Å². The van der Waals surface area contributed by atoms with Gasteiger partial charge in [0.1, 0.15) is 6.07 Å². The molecule has 108 valence electrons. The van der Waals surface area contributed by atoms with Gasteiger partial charge in [0, 0.05) is 10.7 Å². The number of nitrogens with one attached hydrogen (secondary N) is 1. The van der Waals surface area contributed by atoms with Crippen LogP contribution in [0.1, 0.15) is 11.1 Å². The number of halogens is 1. The van der Waals surface area contributed by atoms with Gasteiger partial charge in [-0.05, 0) is 29.8 Å². The van der Waals surface area contributed by atoms with Crippen LogP contribution in [-0.4, -0.2) is 8.42 Å². The molecule has 0 saturated carbocycles. The van der Waals surface area contributed by atoms with Crippen LogP contribution >= 0.6 is 11.6 Å². The number of nitriles is 1. The number of sulfonamides is 1. The van der Waals surface area contributed by atoms with Crippen molar-refractivity contribution >= 4 is 33.0 Å². The van der Waals surface area contributed by atoms with Crippen LogP contribution in [0.25, 0.3) is 0 Å². The number of nitrogens with zero attached hydrogens (tertiary/aromatic N) is 1. The smallest absolute Gasteiger partial charge is 0.237 e. The van der Waals surface area contributed by atoms with Crippen molar-refractivity contribution in [3.8, 4) is 6.07 Å². The normalized spacial score (nSPS) is 10.9. The topological polar surface area (TPSA) is 96.0 Å². The van der Waals surface area contributed by atoms with E-state index in [1.807, 2.05) is 6.07 Å².